The van der Waals surface area contributed by atoms with Gasteiger partial charge in [-0.25, -0.2) is 13.2 Å². The molecule has 144 valence electrons. The first kappa shape index (κ1) is 20.7. The molecule has 1 aromatic carbocycles. The molecule has 1 aliphatic rings. The molecular weight excluding hydrogens is 380 g/mol. The number of sulfonamides is 1. The Morgan fingerprint density at radius 2 is 1.92 bits per heavy atom. The van der Waals surface area contributed by atoms with Crippen LogP contribution in [-0.4, -0.2) is 50.8 Å². The fourth-order valence-electron chi connectivity index (χ4n) is 2.60. The summed E-state index contributed by atoms with van der Waals surface area (Å²) in [7, 11) is -3.69. The second-order valence-electron chi connectivity index (χ2n) is 6.03. The van der Waals surface area contributed by atoms with Gasteiger partial charge < -0.3 is 10.1 Å². The molecule has 2 rings (SSSR count). The summed E-state index contributed by atoms with van der Waals surface area (Å²) in [5, 5.41) is 2.65. The number of esters is 1. The fourth-order valence-corrected chi connectivity index (χ4v) is 4.34. The second kappa shape index (κ2) is 9.34. The van der Waals surface area contributed by atoms with Crippen LogP contribution >= 0.6 is 11.6 Å². The Kier molecular flexibility index (Phi) is 7.43. The average Bonchev–Trinajstić information content (AvgIpc) is 2.65. The number of nitrogens with one attached hydrogen (secondary N) is 1. The highest BCUT2D eigenvalue weighted by atomic mass is 35.5. The Balaban J connectivity index is 2.13. The zero-order valence-electron chi connectivity index (χ0n) is 14.7. The predicted molar refractivity (Wildman–Crippen MR) is 97.6 cm³/mol. The molecule has 1 N–H and O–H groups in total. The number of hydrogen-bond donors (Lipinski definition) is 1. The van der Waals surface area contributed by atoms with E-state index in [0.717, 1.165) is 25.7 Å². The number of piperidine rings is 1. The summed E-state index contributed by atoms with van der Waals surface area (Å²) < 4.78 is 31.8. The van der Waals surface area contributed by atoms with Gasteiger partial charge in [-0.05, 0) is 37.5 Å². The predicted octanol–water partition coefficient (Wildman–Crippen LogP) is 2.20. The Bertz CT molecular complexity index is 760. The minimum absolute atomic E-state index is 0.00816. The molecule has 1 saturated heterocycles. The summed E-state index contributed by atoms with van der Waals surface area (Å²) in [5.41, 5.74) is -0.0759. The van der Waals surface area contributed by atoms with Crippen molar-refractivity contribution < 1.29 is 22.7 Å². The topological polar surface area (TPSA) is 92.8 Å². The smallest absolute Gasteiger partial charge is 0.340 e. The minimum Gasteiger partial charge on any atom is -0.452 e. The minimum atomic E-state index is -3.69. The number of rotatable bonds is 7. The van der Waals surface area contributed by atoms with Crippen LogP contribution in [0, 0.1) is 0 Å². The zero-order chi connectivity index (χ0) is 19.2. The molecule has 0 saturated carbocycles. The second-order valence-corrected chi connectivity index (χ2v) is 8.38. The van der Waals surface area contributed by atoms with Gasteiger partial charge >= 0.3 is 5.97 Å². The standard InChI is InChI=1S/C17H23ClN2O5S/c1-2-8-19-16(21)12-25-17(22)14-11-13(6-7-15(14)18)26(23,24)20-9-4-3-5-10-20/h6-7,11H,2-5,8-10,12H2,1H3,(H,19,21). The molecule has 7 nitrogen and oxygen atoms in total. The summed E-state index contributed by atoms with van der Waals surface area (Å²) in [6.07, 6.45) is 3.40. The zero-order valence-corrected chi connectivity index (χ0v) is 16.2. The largest absolute Gasteiger partial charge is 0.452 e. The highest BCUT2D eigenvalue weighted by molar-refractivity contribution is 7.89. The van der Waals surface area contributed by atoms with Gasteiger partial charge in [-0.3, -0.25) is 4.79 Å². The maximum absolute atomic E-state index is 12.7. The molecule has 0 radical (unpaired) electrons. The van der Waals surface area contributed by atoms with E-state index in [0.29, 0.717) is 19.6 Å². The number of carbonyl (C=O) groups excluding carboxylic acids is 2. The number of carbonyl (C=O) groups is 2. The molecule has 0 atom stereocenters. The van der Waals surface area contributed by atoms with Crippen LogP contribution in [0.2, 0.25) is 5.02 Å². The third-order valence-corrected chi connectivity index (χ3v) is 6.24. The molecule has 0 unspecified atom stereocenters. The summed E-state index contributed by atoms with van der Waals surface area (Å²) in [6, 6.07) is 3.93. The molecule has 9 heteroatoms. The van der Waals surface area contributed by atoms with Crippen LogP contribution in [0.1, 0.15) is 43.0 Å². The SMILES string of the molecule is CCCNC(=O)COC(=O)c1cc(S(=O)(=O)N2CCCCC2)ccc1Cl. The number of halogens is 1. The van der Waals surface area contributed by atoms with E-state index in [2.05, 4.69) is 5.32 Å². The highest BCUT2D eigenvalue weighted by Crippen LogP contribution is 2.25. The molecular formula is C17H23ClN2O5S. The van der Waals surface area contributed by atoms with Crippen molar-refractivity contribution in [2.24, 2.45) is 0 Å². The number of amides is 1. The van der Waals surface area contributed by atoms with Gasteiger partial charge in [0.15, 0.2) is 6.61 Å². The van der Waals surface area contributed by atoms with Crippen molar-refractivity contribution in [2.45, 2.75) is 37.5 Å². The quantitative estimate of drug-likeness (QED) is 0.706. The van der Waals surface area contributed by atoms with Crippen LogP contribution in [0.4, 0.5) is 0 Å². The summed E-state index contributed by atoms with van der Waals surface area (Å²) in [4.78, 5) is 23.7. The lowest BCUT2D eigenvalue weighted by Crippen LogP contribution is -2.35. The Morgan fingerprint density at radius 3 is 2.58 bits per heavy atom. The monoisotopic (exact) mass is 402 g/mol. The number of benzene rings is 1. The van der Waals surface area contributed by atoms with E-state index < -0.39 is 28.5 Å². The third-order valence-electron chi connectivity index (χ3n) is 4.02. The van der Waals surface area contributed by atoms with Gasteiger partial charge in [-0.2, -0.15) is 4.31 Å². The van der Waals surface area contributed by atoms with Gasteiger partial charge in [-0.1, -0.05) is 24.9 Å². The van der Waals surface area contributed by atoms with Crippen molar-refractivity contribution >= 4 is 33.5 Å². The Labute approximate surface area is 158 Å². The number of ether oxygens (including phenoxy) is 1. The summed E-state index contributed by atoms with van der Waals surface area (Å²) >= 11 is 6.02. The maximum Gasteiger partial charge on any atom is 0.340 e. The third kappa shape index (κ3) is 5.18. The molecule has 1 heterocycles. The van der Waals surface area contributed by atoms with Crippen LogP contribution in [0.3, 0.4) is 0 Å². The van der Waals surface area contributed by atoms with Crippen molar-refractivity contribution in [2.75, 3.05) is 26.2 Å². The first-order chi connectivity index (χ1) is 12.4. The normalized spacial score (nSPS) is 15.5. The molecule has 0 aromatic heterocycles. The van der Waals surface area contributed by atoms with E-state index in [9.17, 15) is 18.0 Å². The highest BCUT2D eigenvalue weighted by Gasteiger charge is 2.27. The molecule has 0 bridgehead atoms. The van der Waals surface area contributed by atoms with Gasteiger partial charge in [0.25, 0.3) is 5.91 Å². The molecule has 1 aromatic rings. The van der Waals surface area contributed by atoms with E-state index in [-0.39, 0.29) is 15.5 Å². The van der Waals surface area contributed by atoms with Crippen molar-refractivity contribution in [3.05, 3.63) is 28.8 Å². The first-order valence-corrected chi connectivity index (χ1v) is 10.4. The first-order valence-electron chi connectivity index (χ1n) is 8.59. The molecule has 1 fully saturated rings. The van der Waals surface area contributed by atoms with Gasteiger partial charge in [0.1, 0.15) is 0 Å². The Hall–Kier alpha value is -1.64. The lowest BCUT2D eigenvalue weighted by molar-refractivity contribution is -0.124. The van der Waals surface area contributed by atoms with Crippen LogP contribution in [0.15, 0.2) is 23.1 Å². The van der Waals surface area contributed by atoms with Crippen LogP contribution in [0.25, 0.3) is 0 Å². The van der Waals surface area contributed by atoms with Gasteiger partial charge in [-0.15, -0.1) is 0 Å². The molecule has 1 amide bonds. The van der Waals surface area contributed by atoms with Crippen molar-refractivity contribution in [3.8, 4) is 0 Å². The lowest BCUT2D eigenvalue weighted by Gasteiger charge is -2.26. The average molecular weight is 403 g/mol. The van der Waals surface area contributed by atoms with Gasteiger partial charge in [0.2, 0.25) is 10.0 Å². The summed E-state index contributed by atoms with van der Waals surface area (Å²) in [5.74, 6) is -1.26. The van der Waals surface area contributed by atoms with Crippen LogP contribution < -0.4 is 5.32 Å². The number of hydrogen-bond acceptors (Lipinski definition) is 5. The fraction of sp³-hybridized carbons (Fsp3) is 0.529. The van der Waals surface area contributed by atoms with Crippen molar-refractivity contribution in [3.63, 3.8) is 0 Å². The summed E-state index contributed by atoms with van der Waals surface area (Å²) in [6.45, 7) is 2.87. The maximum atomic E-state index is 12.7. The van der Waals surface area contributed by atoms with Gasteiger partial charge in [0, 0.05) is 19.6 Å². The van der Waals surface area contributed by atoms with E-state index in [1.807, 2.05) is 6.92 Å². The van der Waals surface area contributed by atoms with Crippen molar-refractivity contribution in [1.82, 2.24) is 9.62 Å². The van der Waals surface area contributed by atoms with E-state index >= 15 is 0 Å². The molecule has 0 spiro atoms. The van der Waals surface area contributed by atoms with Gasteiger partial charge in [0.05, 0.1) is 15.5 Å². The molecule has 1 aliphatic heterocycles. The lowest BCUT2D eigenvalue weighted by atomic mass is 10.2. The van der Waals surface area contributed by atoms with Crippen LogP contribution in [0.5, 0.6) is 0 Å². The molecule has 0 aliphatic carbocycles. The molecule has 26 heavy (non-hydrogen) atoms. The van der Waals surface area contributed by atoms with E-state index in [4.69, 9.17) is 16.3 Å². The van der Waals surface area contributed by atoms with Crippen LogP contribution in [-0.2, 0) is 19.6 Å². The van der Waals surface area contributed by atoms with E-state index in [1.54, 1.807) is 0 Å². The number of nitrogens with zero attached hydrogens (tertiary/aromatic N) is 1. The van der Waals surface area contributed by atoms with E-state index in [1.165, 1.54) is 22.5 Å². The van der Waals surface area contributed by atoms with Crippen molar-refractivity contribution in [1.29, 1.82) is 0 Å². The Morgan fingerprint density at radius 1 is 1.23 bits per heavy atom.